The molecule has 4 aromatic rings. The molecule has 0 atom stereocenters. The predicted octanol–water partition coefficient (Wildman–Crippen LogP) is 4.70. The molecule has 0 radical (unpaired) electrons. The number of nitrogens with one attached hydrogen (secondary N) is 1. The number of pyridine rings is 1. The molecule has 0 bridgehead atoms. The summed E-state index contributed by atoms with van der Waals surface area (Å²) in [7, 11) is 1.49. The van der Waals surface area contributed by atoms with E-state index in [9.17, 15) is 4.79 Å². The number of ketones is 1. The van der Waals surface area contributed by atoms with Gasteiger partial charge in [0.15, 0.2) is 23.0 Å². The second kappa shape index (κ2) is 8.71. The van der Waals surface area contributed by atoms with E-state index in [4.69, 9.17) is 25.8 Å². The number of fused-ring (bicyclic) bond motifs is 2. The molecule has 0 fully saturated rings. The van der Waals surface area contributed by atoms with E-state index in [0.29, 0.717) is 29.1 Å². The number of halogens is 2. The number of aromatic amines is 1. The van der Waals surface area contributed by atoms with Crippen molar-refractivity contribution in [1.82, 2.24) is 15.2 Å². The van der Waals surface area contributed by atoms with Crippen molar-refractivity contribution in [1.29, 1.82) is 0 Å². The lowest BCUT2D eigenvalue weighted by Crippen LogP contribution is -2.09. The lowest BCUT2D eigenvalue weighted by molar-refractivity contribution is 0.0988. The minimum absolute atomic E-state index is 0.0226. The van der Waals surface area contributed by atoms with Crippen molar-refractivity contribution in [2.45, 2.75) is 19.4 Å². The summed E-state index contributed by atoms with van der Waals surface area (Å²) in [6, 6.07) is 10.4. The minimum atomic E-state index is -0.785. The number of hydrogen-bond donors (Lipinski definition) is 1. The highest BCUT2D eigenvalue weighted by Crippen LogP contribution is 2.31. The smallest absolute Gasteiger partial charge is 0.241 e. The van der Waals surface area contributed by atoms with Gasteiger partial charge >= 0.3 is 0 Å². The van der Waals surface area contributed by atoms with Gasteiger partial charge in [-0.2, -0.15) is 0 Å². The fourth-order valence-corrected chi connectivity index (χ4v) is 4.09. The Hall–Kier alpha value is -3.65. The van der Waals surface area contributed by atoms with Crippen LogP contribution in [0, 0.1) is 5.82 Å². The Labute approximate surface area is 193 Å². The summed E-state index contributed by atoms with van der Waals surface area (Å²) in [5.74, 6) is -0.0766. The number of carbonyl (C=O) groups excluding carboxylic acids is 1. The summed E-state index contributed by atoms with van der Waals surface area (Å²) in [5.41, 5.74) is 2.88. The van der Waals surface area contributed by atoms with E-state index in [1.165, 1.54) is 25.4 Å². The lowest BCUT2D eigenvalue weighted by atomic mass is 10.0. The van der Waals surface area contributed by atoms with Crippen molar-refractivity contribution < 1.29 is 23.4 Å². The van der Waals surface area contributed by atoms with Gasteiger partial charge in [0.05, 0.1) is 29.7 Å². The Kier molecular flexibility index (Phi) is 5.60. The molecule has 0 saturated heterocycles. The topological polar surface area (TPSA) is 86.3 Å². The summed E-state index contributed by atoms with van der Waals surface area (Å²) in [6.07, 6.45) is 2.27. The monoisotopic (exact) mass is 467 g/mol. The third kappa shape index (κ3) is 4.09. The molecule has 5 rings (SSSR count). The highest BCUT2D eigenvalue weighted by molar-refractivity contribution is 6.34. The molecule has 7 nitrogen and oxygen atoms in total. The fourth-order valence-electron chi connectivity index (χ4n) is 3.84. The van der Waals surface area contributed by atoms with E-state index in [-0.39, 0.29) is 29.4 Å². The van der Waals surface area contributed by atoms with Gasteiger partial charge in [-0.05, 0) is 47.0 Å². The van der Waals surface area contributed by atoms with Crippen LogP contribution in [0.2, 0.25) is 5.02 Å². The van der Waals surface area contributed by atoms with Gasteiger partial charge in [-0.15, -0.1) is 5.10 Å². The third-order valence-corrected chi connectivity index (χ3v) is 5.79. The molecule has 0 unspecified atom stereocenters. The standard InChI is InChI=1S/C24H19ClFN3O4/c1-31-24-16-9-14(11-27-23(16)28-29-24)10-18(30)21-17(25)3-5-20(22(21)26)33-12-13-2-4-19-15(8-13)6-7-32-19/h2-5,8-9,11H,6-7,10,12H2,1H3,(H,27,28,29). The van der Waals surface area contributed by atoms with Crippen molar-refractivity contribution in [2.75, 3.05) is 13.7 Å². The molecular formula is C24H19ClFN3O4. The molecular weight excluding hydrogens is 449 g/mol. The summed E-state index contributed by atoms with van der Waals surface area (Å²) < 4.78 is 31.6. The Morgan fingerprint density at radius 2 is 2.12 bits per heavy atom. The first-order chi connectivity index (χ1) is 16.0. The van der Waals surface area contributed by atoms with Gasteiger partial charge in [0.1, 0.15) is 12.4 Å². The zero-order valence-electron chi connectivity index (χ0n) is 17.7. The SMILES string of the molecule is COc1n[nH]c2ncc(CC(=O)c3c(Cl)ccc(OCc4ccc5c(c4)CCO5)c3F)cc12. The van der Waals surface area contributed by atoms with E-state index in [1.54, 1.807) is 6.07 Å². The van der Waals surface area contributed by atoms with E-state index in [1.807, 2.05) is 18.2 Å². The van der Waals surface area contributed by atoms with Gasteiger partial charge in [-0.1, -0.05) is 17.7 Å². The molecule has 0 saturated carbocycles. The highest BCUT2D eigenvalue weighted by atomic mass is 35.5. The third-order valence-electron chi connectivity index (χ3n) is 5.48. The molecule has 0 aliphatic carbocycles. The van der Waals surface area contributed by atoms with Gasteiger partial charge in [-0.25, -0.2) is 9.37 Å². The number of benzene rings is 2. The van der Waals surface area contributed by atoms with E-state index in [0.717, 1.165) is 23.3 Å². The molecule has 9 heteroatoms. The normalized spacial score (nSPS) is 12.5. The molecule has 33 heavy (non-hydrogen) atoms. The summed E-state index contributed by atoms with van der Waals surface area (Å²) in [4.78, 5) is 17.2. The number of aromatic nitrogens is 3. The number of hydrogen-bond acceptors (Lipinski definition) is 6. The summed E-state index contributed by atoms with van der Waals surface area (Å²) in [6.45, 7) is 0.813. The van der Waals surface area contributed by atoms with E-state index in [2.05, 4.69) is 15.2 Å². The van der Waals surface area contributed by atoms with Crippen LogP contribution < -0.4 is 14.2 Å². The molecule has 2 aromatic carbocycles. The average Bonchev–Trinajstić information content (AvgIpc) is 3.44. The van der Waals surface area contributed by atoms with Crippen molar-refractivity contribution >= 4 is 28.4 Å². The second-order valence-corrected chi connectivity index (χ2v) is 8.04. The Morgan fingerprint density at radius 1 is 1.24 bits per heavy atom. The van der Waals surface area contributed by atoms with Crippen molar-refractivity contribution in [3.05, 3.63) is 75.7 Å². The first kappa shape index (κ1) is 21.2. The van der Waals surface area contributed by atoms with Crippen molar-refractivity contribution in [2.24, 2.45) is 0 Å². The second-order valence-electron chi connectivity index (χ2n) is 7.64. The van der Waals surface area contributed by atoms with Crippen LogP contribution in [0.15, 0.2) is 42.6 Å². The largest absolute Gasteiger partial charge is 0.493 e. The summed E-state index contributed by atoms with van der Waals surface area (Å²) >= 11 is 6.19. The highest BCUT2D eigenvalue weighted by Gasteiger charge is 2.22. The van der Waals surface area contributed by atoms with Crippen LogP contribution in [0.25, 0.3) is 11.0 Å². The van der Waals surface area contributed by atoms with Gasteiger partial charge < -0.3 is 14.2 Å². The van der Waals surface area contributed by atoms with Gasteiger partial charge in [-0.3, -0.25) is 9.89 Å². The number of rotatable bonds is 7. The van der Waals surface area contributed by atoms with Crippen LogP contribution in [0.3, 0.4) is 0 Å². The maximum Gasteiger partial charge on any atom is 0.241 e. The van der Waals surface area contributed by atoms with Crippen molar-refractivity contribution in [3.8, 4) is 17.4 Å². The first-order valence-electron chi connectivity index (χ1n) is 10.3. The number of ether oxygens (including phenoxy) is 3. The predicted molar refractivity (Wildman–Crippen MR) is 120 cm³/mol. The van der Waals surface area contributed by atoms with Crippen LogP contribution in [0.4, 0.5) is 4.39 Å². The molecule has 1 aliphatic heterocycles. The Balaban J connectivity index is 1.36. The molecule has 2 aromatic heterocycles. The molecule has 0 spiro atoms. The van der Waals surface area contributed by atoms with Gasteiger partial charge in [0, 0.05) is 19.0 Å². The van der Waals surface area contributed by atoms with Crippen LogP contribution in [-0.4, -0.2) is 34.7 Å². The van der Waals surface area contributed by atoms with Crippen molar-refractivity contribution in [3.63, 3.8) is 0 Å². The number of Topliss-reactive ketones (excluding diaryl/α,β-unsaturated/α-hetero) is 1. The lowest BCUT2D eigenvalue weighted by Gasteiger charge is -2.12. The molecule has 0 amide bonds. The number of methoxy groups -OCH3 is 1. The fraction of sp³-hybridized carbons (Fsp3) is 0.208. The van der Waals surface area contributed by atoms with Gasteiger partial charge in [0.25, 0.3) is 0 Å². The van der Waals surface area contributed by atoms with Crippen LogP contribution >= 0.6 is 11.6 Å². The Morgan fingerprint density at radius 3 is 2.97 bits per heavy atom. The van der Waals surface area contributed by atoms with E-state index < -0.39 is 11.6 Å². The molecule has 1 aliphatic rings. The van der Waals surface area contributed by atoms with Gasteiger partial charge in [0.2, 0.25) is 5.88 Å². The Bertz CT molecular complexity index is 1370. The zero-order valence-corrected chi connectivity index (χ0v) is 18.4. The van der Waals surface area contributed by atoms with E-state index >= 15 is 4.39 Å². The zero-order chi connectivity index (χ0) is 22.9. The summed E-state index contributed by atoms with van der Waals surface area (Å²) in [5, 5.41) is 7.39. The number of nitrogens with zero attached hydrogens (tertiary/aromatic N) is 2. The van der Waals surface area contributed by atoms with Crippen LogP contribution in [-0.2, 0) is 19.4 Å². The molecule has 3 heterocycles. The van der Waals surface area contributed by atoms with Crippen LogP contribution in [0.5, 0.6) is 17.4 Å². The maximum atomic E-state index is 15.2. The minimum Gasteiger partial charge on any atom is -0.493 e. The number of carbonyl (C=O) groups is 1. The quantitative estimate of drug-likeness (QED) is 0.396. The average molecular weight is 468 g/mol. The first-order valence-corrected chi connectivity index (χ1v) is 10.7. The van der Waals surface area contributed by atoms with Crippen LogP contribution in [0.1, 0.15) is 27.0 Å². The number of H-pyrrole nitrogens is 1. The molecule has 1 N–H and O–H groups in total. The maximum absolute atomic E-state index is 15.2. The molecule has 168 valence electrons.